The number of halogens is 2. The summed E-state index contributed by atoms with van der Waals surface area (Å²) in [5.74, 6) is -0.333. The van der Waals surface area contributed by atoms with Crippen LogP contribution in [-0.2, 0) is 6.42 Å². The van der Waals surface area contributed by atoms with Gasteiger partial charge in [0, 0.05) is 11.1 Å². The van der Waals surface area contributed by atoms with Crippen molar-refractivity contribution in [2.75, 3.05) is 0 Å². The number of hydrogen-bond acceptors (Lipinski definition) is 4. The summed E-state index contributed by atoms with van der Waals surface area (Å²) >= 11 is 6.89. The Morgan fingerprint density at radius 3 is 2.94 bits per heavy atom. The Labute approximate surface area is 101 Å². The highest BCUT2D eigenvalue weighted by Crippen LogP contribution is 2.21. The van der Waals surface area contributed by atoms with Crippen molar-refractivity contribution in [1.82, 2.24) is 9.59 Å². The van der Waals surface area contributed by atoms with E-state index in [1.807, 2.05) is 0 Å². The van der Waals surface area contributed by atoms with Crippen LogP contribution in [0.15, 0.2) is 24.4 Å². The predicted molar refractivity (Wildman–Crippen MR) is 62.0 cm³/mol. The van der Waals surface area contributed by atoms with Crippen molar-refractivity contribution in [2.45, 2.75) is 12.5 Å². The molecule has 6 heteroatoms. The van der Waals surface area contributed by atoms with Crippen molar-refractivity contribution in [2.24, 2.45) is 5.73 Å². The van der Waals surface area contributed by atoms with Gasteiger partial charge < -0.3 is 5.73 Å². The minimum atomic E-state index is -0.333. The van der Waals surface area contributed by atoms with Crippen LogP contribution in [-0.4, -0.2) is 9.59 Å². The van der Waals surface area contributed by atoms with Gasteiger partial charge in [0.1, 0.15) is 5.82 Å². The third-order valence-corrected chi connectivity index (χ3v) is 3.23. The smallest absolute Gasteiger partial charge is 0.127 e. The molecule has 1 atom stereocenters. The average molecular weight is 258 g/mol. The molecule has 0 radical (unpaired) electrons. The highest BCUT2D eigenvalue weighted by molar-refractivity contribution is 7.05. The zero-order valence-corrected chi connectivity index (χ0v) is 9.80. The first-order chi connectivity index (χ1) is 7.66. The summed E-state index contributed by atoms with van der Waals surface area (Å²) in [5, 5.41) is 4.08. The lowest BCUT2D eigenvalue weighted by molar-refractivity contribution is 0.595. The van der Waals surface area contributed by atoms with E-state index in [-0.39, 0.29) is 11.9 Å². The average Bonchev–Trinajstić information content (AvgIpc) is 2.75. The van der Waals surface area contributed by atoms with E-state index >= 15 is 0 Å². The summed E-state index contributed by atoms with van der Waals surface area (Å²) in [5.41, 5.74) is 6.46. The molecule has 0 saturated carbocycles. The number of rotatable bonds is 3. The fourth-order valence-corrected chi connectivity index (χ4v) is 2.02. The van der Waals surface area contributed by atoms with Gasteiger partial charge in [-0.05, 0) is 35.6 Å². The summed E-state index contributed by atoms with van der Waals surface area (Å²) in [7, 11) is 0. The third kappa shape index (κ3) is 2.55. The highest BCUT2D eigenvalue weighted by atomic mass is 35.5. The second kappa shape index (κ2) is 4.86. The first-order valence-electron chi connectivity index (χ1n) is 4.63. The zero-order chi connectivity index (χ0) is 11.5. The fraction of sp³-hybridized carbons (Fsp3) is 0.200. The van der Waals surface area contributed by atoms with Crippen molar-refractivity contribution in [3.8, 4) is 0 Å². The number of nitrogens with two attached hydrogens (primary N) is 1. The van der Waals surface area contributed by atoms with Crippen LogP contribution in [0.5, 0.6) is 0 Å². The molecule has 84 valence electrons. The molecule has 1 unspecified atom stereocenters. The van der Waals surface area contributed by atoms with E-state index in [9.17, 15) is 4.39 Å². The normalized spacial score (nSPS) is 12.7. The van der Waals surface area contributed by atoms with E-state index in [4.69, 9.17) is 17.3 Å². The molecule has 0 aliphatic rings. The molecule has 0 spiro atoms. The first kappa shape index (κ1) is 11.4. The van der Waals surface area contributed by atoms with Gasteiger partial charge in [-0.1, -0.05) is 22.2 Å². The van der Waals surface area contributed by atoms with E-state index in [1.165, 1.54) is 17.6 Å². The Bertz CT molecular complexity index is 475. The number of nitrogens with zero attached hydrogens (tertiary/aromatic N) is 2. The second-order valence-electron chi connectivity index (χ2n) is 3.37. The number of aromatic nitrogens is 2. The first-order valence-corrected chi connectivity index (χ1v) is 5.78. The molecule has 0 aliphatic carbocycles. The zero-order valence-electron chi connectivity index (χ0n) is 8.23. The van der Waals surface area contributed by atoms with Gasteiger partial charge in [-0.2, -0.15) is 0 Å². The van der Waals surface area contributed by atoms with Gasteiger partial charge in [0.05, 0.1) is 11.1 Å². The van der Waals surface area contributed by atoms with Crippen LogP contribution in [0.25, 0.3) is 0 Å². The lowest BCUT2D eigenvalue weighted by Crippen LogP contribution is -2.12. The van der Waals surface area contributed by atoms with E-state index in [1.54, 1.807) is 18.3 Å². The third-order valence-electron chi connectivity index (χ3n) is 2.20. The standard InChI is InChI=1S/C10H9ClFN3S/c11-7-2-1-6(8(12)4-7)3-9(13)10-5-14-15-16-10/h1-2,4-5,9H,3,13H2. The monoisotopic (exact) mass is 257 g/mol. The van der Waals surface area contributed by atoms with Gasteiger partial charge in [-0.3, -0.25) is 0 Å². The molecule has 1 heterocycles. The van der Waals surface area contributed by atoms with Crippen LogP contribution in [0.4, 0.5) is 4.39 Å². The van der Waals surface area contributed by atoms with Gasteiger partial charge in [0.15, 0.2) is 0 Å². The van der Waals surface area contributed by atoms with Gasteiger partial charge in [-0.25, -0.2) is 4.39 Å². The number of benzene rings is 1. The maximum Gasteiger partial charge on any atom is 0.127 e. The van der Waals surface area contributed by atoms with Crippen molar-refractivity contribution in [3.63, 3.8) is 0 Å². The summed E-state index contributed by atoms with van der Waals surface area (Å²) < 4.78 is 17.2. The molecule has 2 N–H and O–H groups in total. The maximum absolute atomic E-state index is 13.5. The lowest BCUT2D eigenvalue weighted by Gasteiger charge is -2.09. The summed E-state index contributed by atoms with van der Waals surface area (Å²) in [6.45, 7) is 0. The van der Waals surface area contributed by atoms with Crippen molar-refractivity contribution < 1.29 is 4.39 Å². The molecule has 1 aromatic heterocycles. The van der Waals surface area contributed by atoms with Crippen LogP contribution >= 0.6 is 23.1 Å². The van der Waals surface area contributed by atoms with Crippen LogP contribution in [0.1, 0.15) is 16.5 Å². The molecule has 0 amide bonds. The van der Waals surface area contributed by atoms with Crippen molar-refractivity contribution in [3.05, 3.63) is 45.7 Å². The molecular weight excluding hydrogens is 249 g/mol. The van der Waals surface area contributed by atoms with Crippen LogP contribution < -0.4 is 5.73 Å². The van der Waals surface area contributed by atoms with Crippen LogP contribution in [0, 0.1) is 5.82 Å². The minimum Gasteiger partial charge on any atom is -0.323 e. The van der Waals surface area contributed by atoms with Crippen molar-refractivity contribution >= 4 is 23.1 Å². The summed E-state index contributed by atoms with van der Waals surface area (Å²) in [4.78, 5) is 0.842. The van der Waals surface area contributed by atoms with E-state index in [0.717, 1.165) is 4.88 Å². The Kier molecular flexibility index (Phi) is 3.48. The molecule has 16 heavy (non-hydrogen) atoms. The Hall–Kier alpha value is -1.04. The maximum atomic E-state index is 13.5. The molecule has 0 saturated heterocycles. The van der Waals surface area contributed by atoms with Gasteiger partial charge in [-0.15, -0.1) is 5.10 Å². The predicted octanol–water partition coefficient (Wildman–Crippen LogP) is 2.57. The topological polar surface area (TPSA) is 51.8 Å². The van der Waals surface area contributed by atoms with E-state index < -0.39 is 0 Å². The Morgan fingerprint density at radius 1 is 1.50 bits per heavy atom. The lowest BCUT2D eigenvalue weighted by atomic mass is 10.1. The summed E-state index contributed by atoms with van der Waals surface area (Å²) in [6.07, 6.45) is 2.01. The quantitative estimate of drug-likeness (QED) is 0.920. The van der Waals surface area contributed by atoms with Gasteiger partial charge in [0.2, 0.25) is 0 Å². The molecule has 2 aromatic rings. The second-order valence-corrected chi connectivity index (χ2v) is 4.62. The van der Waals surface area contributed by atoms with Crippen LogP contribution in [0.2, 0.25) is 5.02 Å². The SMILES string of the molecule is NC(Cc1ccc(Cl)cc1F)c1cnns1. The largest absolute Gasteiger partial charge is 0.323 e. The van der Waals surface area contributed by atoms with E-state index in [2.05, 4.69) is 9.59 Å². The van der Waals surface area contributed by atoms with E-state index in [0.29, 0.717) is 17.0 Å². The molecule has 2 rings (SSSR count). The summed E-state index contributed by atoms with van der Waals surface area (Å²) in [6, 6.07) is 4.30. The number of hydrogen-bond donors (Lipinski definition) is 1. The minimum absolute atomic E-state index is 0.282. The van der Waals surface area contributed by atoms with Gasteiger partial charge in [0.25, 0.3) is 0 Å². The van der Waals surface area contributed by atoms with Crippen LogP contribution in [0.3, 0.4) is 0 Å². The fourth-order valence-electron chi connectivity index (χ4n) is 1.36. The Balaban J connectivity index is 2.15. The molecular formula is C10H9ClFN3S. The molecule has 0 fully saturated rings. The Morgan fingerprint density at radius 2 is 2.31 bits per heavy atom. The molecule has 0 bridgehead atoms. The molecule has 1 aromatic carbocycles. The molecule has 3 nitrogen and oxygen atoms in total. The van der Waals surface area contributed by atoms with Crippen molar-refractivity contribution in [1.29, 1.82) is 0 Å². The molecule has 0 aliphatic heterocycles. The van der Waals surface area contributed by atoms with Gasteiger partial charge >= 0.3 is 0 Å². The highest BCUT2D eigenvalue weighted by Gasteiger charge is 2.12.